The second kappa shape index (κ2) is 7.81. The number of nitrogens with two attached hydrogens (primary N) is 1. The van der Waals surface area contributed by atoms with Gasteiger partial charge in [-0.2, -0.15) is 0 Å². The minimum Gasteiger partial charge on any atom is -0.479 e. The largest absolute Gasteiger partial charge is 0.479 e. The van der Waals surface area contributed by atoms with Gasteiger partial charge in [0.2, 0.25) is 5.54 Å². The van der Waals surface area contributed by atoms with Crippen molar-refractivity contribution in [1.82, 2.24) is 0 Å². The molecule has 0 fully saturated rings. The molecule has 0 unspecified atom stereocenters. The SMILES string of the molecule is CC(C)(C)OC(=O)[C@](N)(C(=O)O)C(C)(C)SCc1ccc(S(C)(=O)=O)cc1. The zero-order valence-corrected chi connectivity index (χ0v) is 18.0. The molecule has 0 heterocycles. The number of thioether (sulfide) groups is 1. The molecule has 0 radical (unpaired) electrons. The second-order valence-corrected chi connectivity index (χ2v) is 11.4. The molecule has 0 bridgehead atoms. The Bertz CT molecular complexity index is 809. The lowest BCUT2D eigenvalue weighted by molar-refractivity contribution is -0.170. The van der Waals surface area contributed by atoms with Gasteiger partial charge in [0, 0.05) is 12.0 Å². The zero-order valence-electron chi connectivity index (χ0n) is 16.4. The van der Waals surface area contributed by atoms with Gasteiger partial charge in [0.25, 0.3) is 0 Å². The number of hydrogen-bond acceptors (Lipinski definition) is 7. The van der Waals surface area contributed by atoms with Crippen molar-refractivity contribution >= 4 is 33.5 Å². The van der Waals surface area contributed by atoms with Gasteiger partial charge in [0.1, 0.15) is 5.60 Å². The van der Waals surface area contributed by atoms with Gasteiger partial charge in [-0.3, -0.25) is 0 Å². The molecule has 0 saturated heterocycles. The summed E-state index contributed by atoms with van der Waals surface area (Å²) in [5.74, 6) is -2.14. The third-order valence-corrected chi connectivity index (χ3v) is 6.61. The quantitative estimate of drug-likeness (QED) is 0.511. The average molecular weight is 418 g/mol. The third kappa shape index (κ3) is 5.70. The Balaban J connectivity index is 3.04. The number of rotatable bonds is 7. The Morgan fingerprint density at radius 1 is 1.11 bits per heavy atom. The monoisotopic (exact) mass is 417 g/mol. The van der Waals surface area contributed by atoms with Crippen LogP contribution in [0.5, 0.6) is 0 Å². The summed E-state index contributed by atoms with van der Waals surface area (Å²) in [5, 5.41) is 9.65. The lowest BCUT2D eigenvalue weighted by Crippen LogP contribution is -2.67. The highest BCUT2D eigenvalue weighted by Gasteiger charge is 2.57. The van der Waals surface area contributed by atoms with E-state index in [2.05, 4.69) is 0 Å². The molecule has 1 atom stereocenters. The van der Waals surface area contributed by atoms with Crippen LogP contribution < -0.4 is 5.73 Å². The first-order valence-electron chi connectivity index (χ1n) is 8.19. The topological polar surface area (TPSA) is 124 Å². The van der Waals surface area contributed by atoms with Crippen LogP contribution >= 0.6 is 11.8 Å². The molecular formula is C18H27NO6S2. The van der Waals surface area contributed by atoms with Crippen molar-refractivity contribution in [3.05, 3.63) is 29.8 Å². The Kier molecular flexibility index (Phi) is 6.78. The molecular weight excluding hydrogens is 390 g/mol. The number of ether oxygens (including phenoxy) is 1. The van der Waals surface area contributed by atoms with Gasteiger partial charge < -0.3 is 15.6 Å². The molecule has 1 rings (SSSR count). The van der Waals surface area contributed by atoms with Crippen molar-refractivity contribution in [3.63, 3.8) is 0 Å². The number of carbonyl (C=O) groups is 2. The third-order valence-electron chi connectivity index (χ3n) is 3.96. The predicted octanol–water partition coefficient (Wildman–Crippen LogP) is 2.23. The number of esters is 1. The van der Waals surface area contributed by atoms with Crippen LogP contribution in [0.4, 0.5) is 0 Å². The van der Waals surface area contributed by atoms with Crippen molar-refractivity contribution in [2.45, 2.75) is 61.2 Å². The summed E-state index contributed by atoms with van der Waals surface area (Å²) in [4.78, 5) is 24.6. The van der Waals surface area contributed by atoms with Gasteiger partial charge in [0.15, 0.2) is 9.84 Å². The highest BCUT2D eigenvalue weighted by molar-refractivity contribution is 8.00. The normalized spacial score (nSPS) is 15.1. The van der Waals surface area contributed by atoms with E-state index in [1.807, 2.05) is 0 Å². The Morgan fingerprint density at radius 2 is 1.59 bits per heavy atom. The van der Waals surface area contributed by atoms with Crippen molar-refractivity contribution in [2.24, 2.45) is 5.73 Å². The number of sulfone groups is 1. The molecule has 0 aliphatic carbocycles. The molecule has 0 aromatic heterocycles. The van der Waals surface area contributed by atoms with Crippen LogP contribution in [0.2, 0.25) is 0 Å². The Hall–Kier alpha value is -1.58. The second-order valence-electron chi connectivity index (χ2n) is 7.83. The molecule has 27 heavy (non-hydrogen) atoms. The summed E-state index contributed by atoms with van der Waals surface area (Å²) in [5.41, 5.74) is 3.69. The molecule has 9 heteroatoms. The molecule has 0 aliphatic rings. The van der Waals surface area contributed by atoms with E-state index >= 15 is 0 Å². The van der Waals surface area contributed by atoms with Crippen LogP contribution in [0.15, 0.2) is 29.2 Å². The summed E-state index contributed by atoms with van der Waals surface area (Å²) in [6, 6.07) is 6.26. The molecule has 152 valence electrons. The van der Waals surface area contributed by atoms with Crippen LogP contribution in [-0.4, -0.2) is 47.6 Å². The van der Waals surface area contributed by atoms with Crippen LogP contribution in [0.25, 0.3) is 0 Å². The fourth-order valence-electron chi connectivity index (χ4n) is 2.16. The highest BCUT2D eigenvalue weighted by Crippen LogP contribution is 2.38. The molecule has 0 aliphatic heterocycles. The van der Waals surface area contributed by atoms with Crippen molar-refractivity contribution in [2.75, 3.05) is 6.26 Å². The first kappa shape index (κ1) is 23.5. The van der Waals surface area contributed by atoms with Gasteiger partial charge in [-0.1, -0.05) is 12.1 Å². The summed E-state index contributed by atoms with van der Waals surface area (Å²) in [6.07, 6.45) is 1.12. The van der Waals surface area contributed by atoms with E-state index in [0.717, 1.165) is 11.8 Å². The molecule has 0 amide bonds. The number of carboxylic acids is 1. The van der Waals surface area contributed by atoms with E-state index in [0.29, 0.717) is 5.75 Å². The number of carboxylic acid groups (broad SMARTS) is 1. The number of carbonyl (C=O) groups excluding carboxylic acids is 1. The van der Waals surface area contributed by atoms with E-state index in [1.54, 1.807) is 46.8 Å². The number of aliphatic carboxylic acids is 1. The van der Waals surface area contributed by atoms with E-state index in [1.165, 1.54) is 23.9 Å². The highest BCUT2D eigenvalue weighted by atomic mass is 32.2. The maximum atomic E-state index is 12.5. The predicted molar refractivity (Wildman–Crippen MR) is 105 cm³/mol. The van der Waals surface area contributed by atoms with Crippen molar-refractivity contribution < 1.29 is 27.9 Å². The van der Waals surface area contributed by atoms with Crippen LogP contribution in [0.1, 0.15) is 40.2 Å². The van der Waals surface area contributed by atoms with Crippen LogP contribution in [0.3, 0.4) is 0 Å². The first-order valence-corrected chi connectivity index (χ1v) is 11.1. The smallest absolute Gasteiger partial charge is 0.339 e. The molecule has 0 saturated carbocycles. The van der Waals surface area contributed by atoms with Gasteiger partial charge in [-0.25, -0.2) is 18.0 Å². The average Bonchev–Trinajstić information content (AvgIpc) is 2.49. The summed E-state index contributed by atoms with van der Waals surface area (Å²) < 4.78 is 27.1. The molecule has 3 N–H and O–H groups in total. The molecule has 1 aromatic rings. The van der Waals surface area contributed by atoms with Crippen LogP contribution in [-0.2, 0) is 29.9 Å². The van der Waals surface area contributed by atoms with E-state index in [9.17, 15) is 23.1 Å². The van der Waals surface area contributed by atoms with E-state index in [-0.39, 0.29) is 4.90 Å². The Labute approximate surface area is 164 Å². The fraction of sp³-hybridized carbons (Fsp3) is 0.556. The lowest BCUT2D eigenvalue weighted by atomic mass is 9.86. The fourth-order valence-corrected chi connectivity index (χ4v) is 3.91. The van der Waals surface area contributed by atoms with E-state index < -0.39 is 37.7 Å². The van der Waals surface area contributed by atoms with Crippen molar-refractivity contribution in [1.29, 1.82) is 0 Å². The van der Waals surface area contributed by atoms with Gasteiger partial charge in [-0.05, 0) is 52.3 Å². The molecule has 1 aromatic carbocycles. The first-order chi connectivity index (χ1) is 12.0. The standard InChI is InChI=1S/C18H27NO6S2/c1-16(2,3)25-15(22)18(19,14(20)21)17(4,5)26-11-12-7-9-13(10-8-12)27(6,23)24/h7-10H,11,19H2,1-6H3,(H,20,21)/t18-/m1/s1. The summed E-state index contributed by atoms with van der Waals surface area (Å²) >= 11 is 1.18. The van der Waals surface area contributed by atoms with Crippen LogP contribution in [0, 0.1) is 0 Å². The minimum absolute atomic E-state index is 0.197. The summed E-state index contributed by atoms with van der Waals surface area (Å²) in [6.45, 7) is 8.05. The van der Waals surface area contributed by atoms with Gasteiger partial charge >= 0.3 is 11.9 Å². The maximum absolute atomic E-state index is 12.5. The Morgan fingerprint density at radius 3 is 1.96 bits per heavy atom. The van der Waals surface area contributed by atoms with E-state index in [4.69, 9.17) is 10.5 Å². The number of hydrogen-bond donors (Lipinski definition) is 2. The lowest BCUT2D eigenvalue weighted by Gasteiger charge is -2.39. The molecule has 0 spiro atoms. The van der Waals surface area contributed by atoms with Gasteiger partial charge in [-0.15, -0.1) is 11.8 Å². The molecule has 7 nitrogen and oxygen atoms in total. The van der Waals surface area contributed by atoms with Crippen molar-refractivity contribution in [3.8, 4) is 0 Å². The number of benzene rings is 1. The zero-order chi connectivity index (χ0) is 21.3. The summed E-state index contributed by atoms with van der Waals surface area (Å²) in [7, 11) is -3.29. The minimum atomic E-state index is -3.29. The van der Waals surface area contributed by atoms with Gasteiger partial charge in [0.05, 0.1) is 9.64 Å². The maximum Gasteiger partial charge on any atom is 0.339 e.